The number of nitrogens with zero attached hydrogens (tertiary/aromatic N) is 5. The Labute approximate surface area is 122 Å². The lowest BCUT2D eigenvalue weighted by Gasteiger charge is -2.36. The number of aromatic nitrogens is 3. The topological polar surface area (TPSA) is 65.7 Å². The molecule has 1 saturated heterocycles. The van der Waals surface area contributed by atoms with Crippen molar-refractivity contribution in [3.05, 3.63) is 47.9 Å². The van der Waals surface area contributed by atoms with Crippen LogP contribution in [-0.2, 0) is 0 Å². The van der Waals surface area contributed by atoms with Gasteiger partial charge in [-0.2, -0.15) is 5.26 Å². The molecule has 0 unspecified atom stereocenters. The summed E-state index contributed by atoms with van der Waals surface area (Å²) in [5.74, 6) is 0.331. The Morgan fingerprint density at radius 3 is 2.90 bits per heavy atom. The van der Waals surface area contributed by atoms with Crippen LogP contribution in [0.4, 0.5) is 10.2 Å². The predicted octanol–water partition coefficient (Wildman–Crippen LogP) is 2.61. The van der Waals surface area contributed by atoms with Crippen LogP contribution in [0.5, 0.6) is 0 Å². The van der Waals surface area contributed by atoms with Gasteiger partial charge in [0.2, 0.25) is 0 Å². The van der Waals surface area contributed by atoms with Crippen molar-refractivity contribution in [3.63, 3.8) is 0 Å². The first kappa shape index (κ1) is 13.4. The molecule has 0 spiro atoms. The molecule has 6 heteroatoms. The minimum atomic E-state index is -0.340. The van der Waals surface area contributed by atoms with E-state index in [4.69, 9.17) is 5.26 Å². The van der Waals surface area contributed by atoms with Crippen LogP contribution >= 0.6 is 0 Å². The minimum absolute atomic E-state index is 0.0441. The summed E-state index contributed by atoms with van der Waals surface area (Å²) < 4.78 is 13.0. The molecular formula is C15H14FN5. The summed E-state index contributed by atoms with van der Waals surface area (Å²) in [7, 11) is 0. The first-order valence-electron chi connectivity index (χ1n) is 6.88. The molecule has 1 fully saturated rings. The first-order chi connectivity index (χ1) is 10.3. The lowest BCUT2D eigenvalue weighted by Crippen LogP contribution is -2.34. The highest BCUT2D eigenvalue weighted by atomic mass is 19.1. The van der Waals surface area contributed by atoms with Gasteiger partial charge in [-0.3, -0.25) is 9.97 Å². The summed E-state index contributed by atoms with van der Waals surface area (Å²) in [5, 5.41) is 8.95. The number of piperidine rings is 1. The van der Waals surface area contributed by atoms with Crippen molar-refractivity contribution >= 4 is 5.82 Å². The van der Waals surface area contributed by atoms with E-state index in [2.05, 4.69) is 19.9 Å². The Hall–Kier alpha value is -2.55. The molecule has 2 aromatic rings. The third-order valence-electron chi connectivity index (χ3n) is 3.63. The van der Waals surface area contributed by atoms with E-state index >= 15 is 0 Å². The second kappa shape index (κ2) is 5.83. The number of nitriles is 1. The Morgan fingerprint density at radius 2 is 2.14 bits per heavy atom. The molecule has 0 radical (unpaired) electrons. The van der Waals surface area contributed by atoms with Gasteiger partial charge in [0, 0.05) is 6.54 Å². The maximum Gasteiger partial charge on any atom is 0.161 e. The van der Waals surface area contributed by atoms with E-state index in [9.17, 15) is 4.39 Å². The van der Waals surface area contributed by atoms with E-state index in [1.165, 1.54) is 18.5 Å². The molecule has 5 nitrogen and oxygen atoms in total. The highest BCUT2D eigenvalue weighted by Crippen LogP contribution is 2.32. The second-order valence-corrected chi connectivity index (χ2v) is 4.98. The van der Waals surface area contributed by atoms with Gasteiger partial charge in [-0.1, -0.05) is 0 Å². The molecule has 21 heavy (non-hydrogen) atoms. The highest BCUT2D eigenvalue weighted by Gasteiger charge is 2.26. The maximum atomic E-state index is 13.0. The lowest BCUT2D eigenvalue weighted by molar-refractivity contribution is 0.460. The van der Waals surface area contributed by atoms with Crippen molar-refractivity contribution in [1.29, 1.82) is 5.26 Å². The lowest BCUT2D eigenvalue weighted by atomic mass is 9.99. The summed E-state index contributed by atoms with van der Waals surface area (Å²) in [6.45, 7) is 0.827. The smallest absolute Gasteiger partial charge is 0.161 e. The molecule has 1 aliphatic heterocycles. The Balaban J connectivity index is 1.94. The molecule has 0 bridgehead atoms. The van der Waals surface area contributed by atoms with Gasteiger partial charge in [0.05, 0.1) is 30.3 Å². The first-order valence-corrected chi connectivity index (χ1v) is 6.88. The predicted molar refractivity (Wildman–Crippen MR) is 74.9 cm³/mol. The van der Waals surface area contributed by atoms with Crippen LogP contribution < -0.4 is 4.90 Å². The monoisotopic (exact) mass is 283 g/mol. The zero-order chi connectivity index (χ0) is 14.7. The van der Waals surface area contributed by atoms with Crippen molar-refractivity contribution in [1.82, 2.24) is 15.0 Å². The number of halogens is 1. The molecule has 0 saturated carbocycles. The SMILES string of the molecule is N#Cc1cncc(N2CCCC[C@H]2c2ccc(F)cn2)n1. The molecule has 3 rings (SSSR count). The van der Waals surface area contributed by atoms with Gasteiger partial charge in [-0.05, 0) is 31.4 Å². The maximum absolute atomic E-state index is 13.0. The van der Waals surface area contributed by atoms with Crippen molar-refractivity contribution in [2.24, 2.45) is 0 Å². The number of hydrogen-bond donors (Lipinski definition) is 0. The fraction of sp³-hybridized carbons (Fsp3) is 0.333. The zero-order valence-corrected chi connectivity index (χ0v) is 11.4. The van der Waals surface area contributed by atoms with E-state index < -0.39 is 0 Å². The van der Waals surface area contributed by atoms with Crippen LogP contribution in [0.25, 0.3) is 0 Å². The van der Waals surface area contributed by atoms with Gasteiger partial charge in [0.1, 0.15) is 17.7 Å². The standard InChI is InChI=1S/C15H14FN5/c16-11-4-5-13(19-8-11)14-3-1-2-6-21(14)15-10-18-9-12(7-17)20-15/h4-5,8-10,14H,1-3,6H2/t14-/m0/s1. The molecular weight excluding hydrogens is 269 g/mol. The van der Waals surface area contributed by atoms with Crippen LogP contribution in [0.1, 0.15) is 36.7 Å². The minimum Gasteiger partial charge on any atom is -0.347 e. The molecule has 0 amide bonds. The highest BCUT2D eigenvalue weighted by molar-refractivity contribution is 5.42. The fourth-order valence-electron chi connectivity index (χ4n) is 2.65. The van der Waals surface area contributed by atoms with Crippen LogP contribution in [0.3, 0.4) is 0 Å². The molecule has 3 heterocycles. The van der Waals surface area contributed by atoms with Gasteiger partial charge < -0.3 is 4.90 Å². The van der Waals surface area contributed by atoms with Crippen molar-refractivity contribution < 1.29 is 4.39 Å². The molecule has 1 aliphatic rings. The van der Waals surface area contributed by atoms with Crippen LogP contribution in [0, 0.1) is 17.1 Å². The summed E-state index contributed by atoms with van der Waals surface area (Å²) in [6.07, 6.45) is 7.40. The molecule has 0 aliphatic carbocycles. The van der Waals surface area contributed by atoms with Crippen LogP contribution in [-0.4, -0.2) is 21.5 Å². The third-order valence-corrected chi connectivity index (χ3v) is 3.63. The van der Waals surface area contributed by atoms with E-state index in [1.54, 1.807) is 12.3 Å². The number of rotatable bonds is 2. The Morgan fingerprint density at radius 1 is 1.24 bits per heavy atom. The van der Waals surface area contributed by atoms with E-state index in [0.29, 0.717) is 11.5 Å². The average Bonchev–Trinajstić information content (AvgIpc) is 2.56. The molecule has 106 valence electrons. The number of pyridine rings is 1. The number of anilines is 1. The molecule has 0 N–H and O–H groups in total. The van der Waals surface area contributed by atoms with E-state index in [0.717, 1.165) is 31.5 Å². The molecule has 0 aromatic carbocycles. The van der Waals surface area contributed by atoms with Crippen molar-refractivity contribution in [2.75, 3.05) is 11.4 Å². The number of hydrogen-bond acceptors (Lipinski definition) is 5. The normalized spacial score (nSPS) is 18.3. The van der Waals surface area contributed by atoms with Crippen molar-refractivity contribution in [3.8, 4) is 6.07 Å². The third kappa shape index (κ3) is 2.82. The summed E-state index contributed by atoms with van der Waals surface area (Å²) in [4.78, 5) is 14.7. The van der Waals surface area contributed by atoms with Gasteiger partial charge in [0.15, 0.2) is 5.69 Å². The van der Waals surface area contributed by atoms with Gasteiger partial charge in [-0.25, -0.2) is 9.37 Å². The van der Waals surface area contributed by atoms with Crippen molar-refractivity contribution in [2.45, 2.75) is 25.3 Å². The Bertz CT molecular complexity index is 665. The quantitative estimate of drug-likeness (QED) is 0.847. The molecule has 1 atom stereocenters. The summed E-state index contributed by atoms with van der Waals surface area (Å²) in [5.41, 5.74) is 1.11. The van der Waals surface area contributed by atoms with Crippen LogP contribution in [0.15, 0.2) is 30.7 Å². The van der Waals surface area contributed by atoms with Gasteiger partial charge in [-0.15, -0.1) is 0 Å². The summed E-state index contributed by atoms with van der Waals surface area (Å²) in [6, 6.07) is 5.18. The Kier molecular flexibility index (Phi) is 3.73. The van der Waals surface area contributed by atoms with Gasteiger partial charge in [0.25, 0.3) is 0 Å². The van der Waals surface area contributed by atoms with Gasteiger partial charge >= 0.3 is 0 Å². The van der Waals surface area contributed by atoms with E-state index in [1.807, 2.05) is 6.07 Å². The van der Waals surface area contributed by atoms with E-state index in [-0.39, 0.29) is 11.9 Å². The largest absolute Gasteiger partial charge is 0.347 e. The second-order valence-electron chi connectivity index (χ2n) is 4.98. The average molecular weight is 283 g/mol. The fourth-order valence-corrected chi connectivity index (χ4v) is 2.65. The van der Waals surface area contributed by atoms with Crippen LogP contribution in [0.2, 0.25) is 0 Å². The summed E-state index contributed by atoms with van der Waals surface area (Å²) >= 11 is 0. The zero-order valence-electron chi connectivity index (χ0n) is 11.4. The molecule has 2 aromatic heterocycles.